The molecule has 0 aliphatic carbocycles. The lowest BCUT2D eigenvalue weighted by molar-refractivity contribution is 0.0543. The van der Waals surface area contributed by atoms with Crippen LogP contribution < -0.4 is 38.9 Å². The molecule has 12 aromatic carbocycles. The van der Waals surface area contributed by atoms with Gasteiger partial charge in [-0.25, -0.2) is 14.4 Å². The number of nitrogens with one attached hydrogen (secondary N) is 5. The molecule has 6 aliphatic heterocycles. The molecular weight excluding hydrogens is 1770 g/mol. The van der Waals surface area contributed by atoms with Gasteiger partial charge in [-0.1, -0.05) is 176 Å². The molecule has 6 aliphatic rings. The van der Waals surface area contributed by atoms with Gasteiger partial charge in [-0.2, -0.15) is 9.98 Å². The van der Waals surface area contributed by atoms with E-state index in [1.54, 1.807) is 13.8 Å². The summed E-state index contributed by atoms with van der Waals surface area (Å²) in [7, 11) is 0. The predicted octanol–water partition coefficient (Wildman–Crippen LogP) is 25.5. The summed E-state index contributed by atoms with van der Waals surface area (Å²) in [5.41, 5.74) is 59.4. The molecule has 0 spiro atoms. The van der Waals surface area contributed by atoms with E-state index in [1.165, 1.54) is 45.1 Å². The summed E-state index contributed by atoms with van der Waals surface area (Å²) in [5, 5.41) is 24.9. The third-order valence-corrected chi connectivity index (χ3v) is 23.0. The summed E-state index contributed by atoms with van der Waals surface area (Å²) in [5.74, 6) is 1.14. The molecule has 0 atom stereocenters. The maximum atomic E-state index is 12.1. The van der Waals surface area contributed by atoms with Gasteiger partial charge in [0.2, 0.25) is 0 Å². The number of fused-ring (bicyclic) bond motifs is 6. The molecule has 137 heavy (non-hydrogen) atoms. The third kappa shape index (κ3) is 27.0. The Morgan fingerprint density at radius 2 is 0.620 bits per heavy atom. The van der Waals surface area contributed by atoms with E-state index in [9.17, 15) is 14.4 Å². The molecule has 18 rings (SSSR count). The number of nitrogens with two attached hydrogens (primary N) is 4. The molecule has 0 radical (unpaired) electrons. The number of hydrogen-bond donors (Lipinski definition) is 9. The van der Waals surface area contributed by atoms with Gasteiger partial charge in [-0.15, -0.1) is 35.0 Å². The Kier molecular flexibility index (Phi) is 30.9. The van der Waals surface area contributed by atoms with Crippen LogP contribution in [0.3, 0.4) is 0 Å². The fourth-order valence-electron chi connectivity index (χ4n) is 16.1. The SMILES string of the molecule is C=C(NC(=O)OC(C)(C)C)Nc1ccc2c(c1)CC(c1ccc(-c3ccc(C4=Nc5ccc(NC(C)=NC(=O)OC(C)(C)C)cc5C4)cc3)cc1)=N2.CSC(C)=NC(=O)OC(C)(C)C.ClCCl.N=C(N)Cc1ccc2c(c1)CC(c1ccc(-c3ccc(C4=Nc5ccc(CC(=N)N)cc5C4)cc3)cc1)=N2.Nc1ccc2c(c1)CC(c1ccc(-c3ccc(C4=Nc5ccc(N)cc5C4)cc3)cc1)=N2. The zero-order valence-electron chi connectivity index (χ0n) is 78.8. The first-order valence-corrected chi connectivity index (χ1v) is 47.1. The van der Waals surface area contributed by atoms with E-state index in [-0.39, 0.29) is 17.0 Å². The molecule has 13 N–H and O–H groups in total. The van der Waals surface area contributed by atoms with Crippen molar-refractivity contribution in [2.24, 2.45) is 51.4 Å². The molecule has 0 unspecified atom stereocenters. The highest BCUT2D eigenvalue weighted by molar-refractivity contribution is 8.13. The molecule has 0 fully saturated rings. The van der Waals surface area contributed by atoms with Crippen LogP contribution >= 0.6 is 35.0 Å². The molecule has 12 aromatic rings. The number of anilines is 4. The zero-order valence-corrected chi connectivity index (χ0v) is 81.1. The van der Waals surface area contributed by atoms with Crippen molar-refractivity contribution in [2.75, 3.05) is 33.7 Å². The van der Waals surface area contributed by atoms with Crippen LogP contribution in [0.5, 0.6) is 0 Å². The number of nitrogen functional groups attached to an aromatic ring is 2. The van der Waals surface area contributed by atoms with Gasteiger partial charge in [0.15, 0.2) is 0 Å². The number of amidine groups is 3. The maximum Gasteiger partial charge on any atom is 0.435 e. The Morgan fingerprint density at radius 1 is 0.372 bits per heavy atom. The number of rotatable bonds is 17. The largest absolute Gasteiger partial charge is 0.444 e. The van der Waals surface area contributed by atoms with E-state index in [0.717, 1.165) is 195 Å². The smallest absolute Gasteiger partial charge is 0.435 e. The average molecular weight is 1880 g/mol. The number of thioether (sulfide) groups is 1. The monoisotopic (exact) mass is 1880 g/mol. The number of alkyl carbamates (subject to hydrolysis) is 1. The first kappa shape index (κ1) is 98.0. The lowest BCUT2D eigenvalue weighted by atomic mass is 9.97. The second-order valence-electron chi connectivity index (χ2n) is 36.6. The number of aliphatic imine (C=N–C) groups is 8. The predicted molar refractivity (Wildman–Crippen MR) is 568 cm³/mol. The van der Waals surface area contributed by atoms with Crippen molar-refractivity contribution < 1.29 is 28.6 Å². The van der Waals surface area contributed by atoms with Crippen LogP contribution in [0.4, 0.5) is 71.3 Å². The summed E-state index contributed by atoms with van der Waals surface area (Å²) in [6.07, 6.45) is 5.74. The Hall–Kier alpha value is -15.0. The first-order chi connectivity index (χ1) is 65.4. The van der Waals surface area contributed by atoms with E-state index in [0.29, 0.717) is 42.4 Å². The van der Waals surface area contributed by atoms with E-state index in [2.05, 4.69) is 190 Å². The lowest BCUT2D eigenvalue weighted by Crippen LogP contribution is -2.33. The molecule has 0 aromatic heterocycles. The summed E-state index contributed by atoms with van der Waals surface area (Å²) < 4.78 is 15.5. The highest BCUT2D eigenvalue weighted by atomic mass is 35.5. The Bertz CT molecular complexity index is 6670. The average Bonchev–Trinajstić information content (AvgIpc) is 1.69. The minimum Gasteiger partial charge on any atom is -0.444 e. The van der Waals surface area contributed by atoms with Crippen LogP contribution in [-0.2, 0) is 65.6 Å². The number of halogens is 2. The normalized spacial score (nSPS) is 13.5. The summed E-state index contributed by atoms with van der Waals surface area (Å²) >= 11 is 11.0. The summed E-state index contributed by atoms with van der Waals surface area (Å²) in [6, 6.07) is 87.4. The standard InChI is InChI=1S/C42H44N6O4.C32H28N6.C28H22N4.C8H15NO2S.CH2Cl2/c1-25(45-39(49)51-41(3,4)5)43-33-17-19-35-31(21-33)23-37(47-35)29-13-9-27(10-14-29)28-11-15-30(16-12-28)38-24-32-22-34(18-20-36(32)48-38)44-26(2)46-40(50)52-42(6,7)8;33-31(34)15-19-1-11-27-25(13-19)17-29(37-27)23-7-3-21(4-8-23)22-5-9-24(10-6-22)30-18-26-14-20(16-32(35)36)2-12-28(26)38-30;29-23-9-11-25-21(13-23)15-27(31-25)19-5-1-17(2-6-19)18-3-7-20(8-4-18)28-16-22-14-24(30)10-12-26(22)32-28;1-6(12-5)9-7(10)11-8(2,3)4;2-1-3/h9-22,43H,1,23-24H2,2-8H3,(H,45,49)(H,44,46,50);1-14H,15-18H2,(H3,33,34)(H3,35,36);1-14H,15-16,29-30H2;1-5H3;1H2. The van der Waals surface area contributed by atoms with Gasteiger partial charge in [0.25, 0.3) is 0 Å². The Labute approximate surface area is 814 Å². The molecule has 696 valence electrons. The van der Waals surface area contributed by atoms with Gasteiger partial charge in [-0.05, 0) is 279 Å². The van der Waals surface area contributed by atoms with E-state index in [4.69, 9.17) is 101 Å². The van der Waals surface area contributed by atoms with Crippen LogP contribution in [0.1, 0.15) is 154 Å². The van der Waals surface area contributed by atoms with Gasteiger partial charge in [0.05, 0.1) is 90.4 Å². The molecule has 0 saturated carbocycles. The number of hydrogen-bond acceptors (Lipinski definition) is 18. The van der Waals surface area contributed by atoms with Gasteiger partial charge in [0.1, 0.15) is 28.5 Å². The Balaban J connectivity index is 0.000000156. The molecule has 26 heteroatoms. The Morgan fingerprint density at radius 3 is 0.898 bits per heavy atom. The topological polar surface area (TPSA) is 366 Å². The second kappa shape index (κ2) is 43.1. The molecule has 3 amide bonds. The highest BCUT2D eigenvalue weighted by Crippen LogP contribution is 2.40. The quantitative estimate of drug-likeness (QED) is 0.0135. The van der Waals surface area contributed by atoms with E-state index >= 15 is 0 Å². The van der Waals surface area contributed by atoms with Crippen molar-refractivity contribution in [1.82, 2.24) is 5.32 Å². The number of benzene rings is 12. The van der Waals surface area contributed by atoms with Gasteiger partial charge in [0, 0.05) is 74.1 Å². The van der Waals surface area contributed by atoms with Gasteiger partial charge < -0.3 is 47.8 Å². The molecule has 0 saturated heterocycles. The van der Waals surface area contributed by atoms with Gasteiger partial charge in [-0.3, -0.25) is 46.1 Å². The number of carbonyl (C=O) groups excluding carboxylic acids is 3. The maximum absolute atomic E-state index is 12.1. The summed E-state index contributed by atoms with van der Waals surface area (Å²) in [6.45, 7) is 23.7. The van der Waals surface area contributed by atoms with Gasteiger partial charge >= 0.3 is 18.3 Å². The summed E-state index contributed by atoms with van der Waals surface area (Å²) in [4.78, 5) is 71.9. The number of ether oxygens (including phenoxy) is 3. The fourth-order valence-corrected chi connectivity index (χ4v) is 16.2. The van der Waals surface area contributed by atoms with Crippen LogP contribution in [0.15, 0.2) is 307 Å². The van der Waals surface area contributed by atoms with Crippen LogP contribution in [-0.4, -0.2) is 103 Å². The zero-order chi connectivity index (χ0) is 97.6. The minimum atomic E-state index is -0.623. The molecule has 6 heterocycles. The molecule has 0 bridgehead atoms. The second-order valence-corrected chi connectivity index (χ2v) is 38.4. The van der Waals surface area contributed by atoms with E-state index < -0.39 is 35.1 Å². The number of amides is 3. The molecular formula is C111H111Cl2N17O6S. The van der Waals surface area contributed by atoms with Crippen LogP contribution in [0.2, 0.25) is 0 Å². The van der Waals surface area contributed by atoms with Crippen LogP contribution in [0.25, 0.3) is 33.4 Å². The van der Waals surface area contributed by atoms with Crippen molar-refractivity contribution in [2.45, 2.75) is 144 Å². The number of alkyl halides is 2. The lowest BCUT2D eigenvalue weighted by Gasteiger charge is -2.20. The minimum absolute atomic E-state index is 0.175. The van der Waals surface area contributed by atoms with E-state index in [1.807, 2.05) is 166 Å². The van der Waals surface area contributed by atoms with Crippen molar-refractivity contribution in [3.63, 3.8) is 0 Å². The van der Waals surface area contributed by atoms with Crippen LogP contribution in [0, 0.1) is 10.8 Å². The highest BCUT2D eigenvalue weighted by Gasteiger charge is 2.27. The van der Waals surface area contributed by atoms with Crippen molar-refractivity contribution in [3.05, 3.63) is 345 Å². The number of carbonyl (C=O) groups is 3. The van der Waals surface area contributed by atoms with Crippen molar-refractivity contribution in [3.8, 4) is 33.4 Å². The number of nitrogens with zero attached hydrogens (tertiary/aromatic N) is 8. The fraction of sp³-hybridized carbons (Fsp3) is 0.216. The molecule has 23 nitrogen and oxygen atoms in total. The third-order valence-electron chi connectivity index (χ3n) is 22.3. The van der Waals surface area contributed by atoms with Crippen molar-refractivity contribution >= 4 is 167 Å². The first-order valence-electron chi connectivity index (χ1n) is 44.8. The van der Waals surface area contributed by atoms with Crippen molar-refractivity contribution in [1.29, 1.82) is 10.8 Å².